The molecule has 0 bridgehead atoms. The summed E-state index contributed by atoms with van der Waals surface area (Å²) in [5, 5.41) is 0. The number of aryl methyl sites for hydroxylation is 2. The zero-order valence-electron chi connectivity index (χ0n) is 18.3. The third kappa shape index (κ3) is 4.33. The molecule has 0 amide bonds. The molecule has 0 aliphatic carbocycles. The van der Waals surface area contributed by atoms with Crippen LogP contribution < -0.4 is 14.2 Å². The quantitative estimate of drug-likeness (QED) is 0.450. The molecule has 3 aromatic carbocycles. The molecular weight excluding hydrogens is 388 g/mol. The molecule has 4 heteroatoms. The largest absolute Gasteiger partial charge is 0.494 e. The number of carbonyl (C=O) groups excluding carboxylic acids is 1. The highest BCUT2D eigenvalue weighted by atomic mass is 16.5. The molecule has 0 spiro atoms. The van der Waals surface area contributed by atoms with Gasteiger partial charge in [-0.3, -0.25) is 4.79 Å². The van der Waals surface area contributed by atoms with Crippen LogP contribution in [0.1, 0.15) is 45.1 Å². The SMILES string of the molecule is CCOc1ccc(/C=C2\Oc3c(ccc(OCc4cc(C)ccc4C)c3C)C2=O)cc1. The highest BCUT2D eigenvalue weighted by molar-refractivity contribution is 6.14. The molecule has 0 unspecified atom stereocenters. The van der Waals surface area contributed by atoms with Crippen LogP contribution >= 0.6 is 0 Å². The summed E-state index contributed by atoms with van der Waals surface area (Å²) in [5.74, 6) is 2.28. The Hall–Kier alpha value is -3.53. The van der Waals surface area contributed by atoms with E-state index in [1.807, 2.05) is 44.2 Å². The summed E-state index contributed by atoms with van der Waals surface area (Å²) in [5.41, 5.74) is 5.81. The first-order chi connectivity index (χ1) is 15.0. The van der Waals surface area contributed by atoms with Crippen LogP contribution in [-0.4, -0.2) is 12.4 Å². The summed E-state index contributed by atoms with van der Waals surface area (Å²) in [4.78, 5) is 12.8. The lowest BCUT2D eigenvalue weighted by Gasteiger charge is -2.13. The summed E-state index contributed by atoms with van der Waals surface area (Å²) < 4.78 is 17.5. The number of hydrogen-bond donors (Lipinski definition) is 0. The van der Waals surface area contributed by atoms with Crippen LogP contribution in [0.4, 0.5) is 0 Å². The molecule has 0 aromatic heterocycles. The van der Waals surface area contributed by atoms with Gasteiger partial charge in [0.05, 0.1) is 12.2 Å². The van der Waals surface area contributed by atoms with Crippen molar-refractivity contribution in [2.75, 3.05) is 6.61 Å². The molecule has 4 nitrogen and oxygen atoms in total. The topological polar surface area (TPSA) is 44.8 Å². The Morgan fingerprint density at radius 3 is 2.45 bits per heavy atom. The maximum atomic E-state index is 12.8. The maximum Gasteiger partial charge on any atom is 0.231 e. The Morgan fingerprint density at radius 1 is 0.935 bits per heavy atom. The van der Waals surface area contributed by atoms with Crippen LogP contribution in [0.15, 0.2) is 60.4 Å². The van der Waals surface area contributed by atoms with Crippen molar-refractivity contribution in [3.05, 3.63) is 93.7 Å². The Balaban J connectivity index is 1.54. The minimum atomic E-state index is -0.118. The van der Waals surface area contributed by atoms with Crippen molar-refractivity contribution >= 4 is 11.9 Å². The molecule has 0 fully saturated rings. The van der Waals surface area contributed by atoms with Crippen LogP contribution in [0.3, 0.4) is 0 Å². The third-order valence-corrected chi connectivity index (χ3v) is 5.41. The van der Waals surface area contributed by atoms with Crippen molar-refractivity contribution in [2.24, 2.45) is 0 Å². The van der Waals surface area contributed by atoms with Crippen molar-refractivity contribution in [2.45, 2.75) is 34.3 Å². The fourth-order valence-corrected chi connectivity index (χ4v) is 3.61. The Labute approximate surface area is 183 Å². The van der Waals surface area contributed by atoms with Crippen LogP contribution in [0.5, 0.6) is 17.2 Å². The predicted octanol–water partition coefficient (Wildman–Crippen LogP) is 6.21. The van der Waals surface area contributed by atoms with Crippen molar-refractivity contribution < 1.29 is 19.0 Å². The fraction of sp³-hybridized carbons (Fsp3) is 0.222. The van der Waals surface area contributed by atoms with Gasteiger partial charge in [-0.2, -0.15) is 0 Å². The van der Waals surface area contributed by atoms with E-state index in [9.17, 15) is 4.79 Å². The van der Waals surface area contributed by atoms with Gasteiger partial charge >= 0.3 is 0 Å². The first kappa shape index (κ1) is 20.7. The Morgan fingerprint density at radius 2 is 1.71 bits per heavy atom. The van der Waals surface area contributed by atoms with Crippen LogP contribution in [0.2, 0.25) is 0 Å². The second kappa shape index (κ2) is 8.68. The summed E-state index contributed by atoms with van der Waals surface area (Å²) >= 11 is 0. The number of rotatable bonds is 6. The van der Waals surface area contributed by atoms with E-state index in [0.717, 1.165) is 28.2 Å². The average molecular weight is 415 g/mol. The summed E-state index contributed by atoms with van der Waals surface area (Å²) in [6.45, 7) is 9.10. The fourth-order valence-electron chi connectivity index (χ4n) is 3.61. The third-order valence-electron chi connectivity index (χ3n) is 5.41. The zero-order chi connectivity index (χ0) is 22.0. The van der Waals surface area contributed by atoms with E-state index < -0.39 is 0 Å². The van der Waals surface area contributed by atoms with E-state index in [-0.39, 0.29) is 5.78 Å². The number of fused-ring (bicyclic) bond motifs is 1. The summed E-state index contributed by atoms with van der Waals surface area (Å²) in [7, 11) is 0. The highest BCUT2D eigenvalue weighted by Crippen LogP contribution is 2.39. The van der Waals surface area contributed by atoms with Gasteiger partial charge in [-0.25, -0.2) is 0 Å². The molecule has 0 atom stereocenters. The second-order valence-corrected chi connectivity index (χ2v) is 7.73. The number of allylic oxidation sites excluding steroid dienone is 1. The lowest BCUT2D eigenvalue weighted by atomic mass is 10.0. The lowest BCUT2D eigenvalue weighted by molar-refractivity contribution is 0.101. The molecule has 1 aliphatic heterocycles. The van der Waals surface area contributed by atoms with Crippen molar-refractivity contribution in [3.8, 4) is 17.2 Å². The second-order valence-electron chi connectivity index (χ2n) is 7.73. The number of Topliss-reactive ketones (excluding diaryl/α,β-unsaturated/α-hetero) is 1. The van der Waals surface area contributed by atoms with Gasteiger partial charge < -0.3 is 14.2 Å². The van der Waals surface area contributed by atoms with Gasteiger partial charge in [0, 0.05) is 5.56 Å². The van der Waals surface area contributed by atoms with Gasteiger partial charge in [-0.1, -0.05) is 35.9 Å². The van der Waals surface area contributed by atoms with E-state index in [1.165, 1.54) is 11.1 Å². The predicted molar refractivity (Wildman–Crippen MR) is 122 cm³/mol. The molecule has 1 heterocycles. The van der Waals surface area contributed by atoms with Gasteiger partial charge in [-0.05, 0) is 74.7 Å². The van der Waals surface area contributed by atoms with Crippen molar-refractivity contribution in [1.29, 1.82) is 0 Å². The number of ketones is 1. The Kier molecular flexibility index (Phi) is 5.81. The molecule has 3 aromatic rings. The number of hydrogen-bond acceptors (Lipinski definition) is 4. The van der Waals surface area contributed by atoms with Crippen LogP contribution in [0.25, 0.3) is 6.08 Å². The molecule has 0 radical (unpaired) electrons. The minimum Gasteiger partial charge on any atom is -0.494 e. The van der Waals surface area contributed by atoms with E-state index >= 15 is 0 Å². The lowest BCUT2D eigenvalue weighted by Crippen LogP contribution is -2.00. The van der Waals surface area contributed by atoms with Crippen LogP contribution in [-0.2, 0) is 6.61 Å². The van der Waals surface area contributed by atoms with Gasteiger partial charge in [0.2, 0.25) is 5.78 Å². The number of carbonyl (C=O) groups is 1. The van der Waals surface area contributed by atoms with E-state index in [0.29, 0.717) is 30.3 Å². The Bertz CT molecular complexity index is 1160. The molecule has 4 rings (SSSR count). The normalized spacial score (nSPS) is 13.8. The molecule has 1 aliphatic rings. The molecular formula is C27H26O4. The maximum absolute atomic E-state index is 12.8. The van der Waals surface area contributed by atoms with Crippen LogP contribution in [0, 0.1) is 20.8 Å². The molecule has 31 heavy (non-hydrogen) atoms. The highest BCUT2D eigenvalue weighted by Gasteiger charge is 2.30. The average Bonchev–Trinajstić information content (AvgIpc) is 3.08. The van der Waals surface area contributed by atoms with E-state index in [4.69, 9.17) is 14.2 Å². The van der Waals surface area contributed by atoms with Gasteiger partial charge in [-0.15, -0.1) is 0 Å². The smallest absolute Gasteiger partial charge is 0.231 e. The molecule has 158 valence electrons. The molecule has 0 saturated carbocycles. The standard InChI is InChI=1S/C27H26O4/c1-5-29-22-10-8-20(9-11-22)15-25-26(28)23-12-13-24(19(4)27(23)31-25)30-16-21-14-17(2)6-7-18(21)3/h6-15H,5,16H2,1-4H3/b25-15-. The van der Waals surface area contributed by atoms with Crippen molar-refractivity contribution in [3.63, 3.8) is 0 Å². The zero-order valence-corrected chi connectivity index (χ0v) is 18.3. The number of ether oxygens (including phenoxy) is 3. The molecule has 0 saturated heterocycles. The van der Waals surface area contributed by atoms with Gasteiger partial charge in [0.15, 0.2) is 5.76 Å². The van der Waals surface area contributed by atoms with Gasteiger partial charge in [0.1, 0.15) is 23.9 Å². The monoisotopic (exact) mass is 414 g/mol. The summed E-state index contributed by atoms with van der Waals surface area (Å²) in [6, 6.07) is 17.5. The summed E-state index contributed by atoms with van der Waals surface area (Å²) in [6.07, 6.45) is 1.76. The minimum absolute atomic E-state index is 0.118. The van der Waals surface area contributed by atoms with Crippen molar-refractivity contribution in [1.82, 2.24) is 0 Å². The van der Waals surface area contributed by atoms with E-state index in [2.05, 4.69) is 32.0 Å². The van der Waals surface area contributed by atoms with E-state index in [1.54, 1.807) is 12.1 Å². The molecule has 0 N–H and O–H groups in total. The first-order valence-corrected chi connectivity index (χ1v) is 10.5. The number of benzene rings is 3. The van der Waals surface area contributed by atoms with Gasteiger partial charge in [0.25, 0.3) is 0 Å². The first-order valence-electron chi connectivity index (χ1n) is 10.5.